The molecular formula is C16H14ClN5O. The van der Waals surface area contributed by atoms with Gasteiger partial charge in [0.15, 0.2) is 0 Å². The standard InChI is InChI=1S/C16H14ClN5O/c1-2-18-14-11-5-3-4-6-12(11)20-16(21-14)22-15(23)10-7-8-13(17)19-9-10/h3-9H,2H2,1H3,(H2,18,20,21,22,23). The number of amides is 1. The molecule has 1 amide bonds. The van der Waals surface area contributed by atoms with Crippen LogP contribution < -0.4 is 10.6 Å². The normalized spacial score (nSPS) is 10.5. The molecule has 1 aromatic carbocycles. The summed E-state index contributed by atoms with van der Waals surface area (Å²) in [5.74, 6) is 0.578. The van der Waals surface area contributed by atoms with Crippen LogP contribution in [0.3, 0.4) is 0 Å². The molecular weight excluding hydrogens is 314 g/mol. The fourth-order valence-corrected chi connectivity index (χ4v) is 2.23. The van der Waals surface area contributed by atoms with E-state index < -0.39 is 0 Å². The maximum absolute atomic E-state index is 12.2. The van der Waals surface area contributed by atoms with Gasteiger partial charge in [-0.3, -0.25) is 10.1 Å². The zero-order chi connectivity index (χ0) is 16.2. The molecule has 3 aromatic rings. The van der Waals surface area contributed by atoms with Crippen LogP contribution in [0.25, 0.3) is 10.9 Å². The predicted octanol–water partition coefficient (Wildman–Crippen LogP) is 3.36. The van der Waals surface area contributed by atoms with Crippen molar-refractivity contribution in [3.8, 4) is 0 Å². The molecule has 6 nitrogen and oxygen atoms in total. The second-order valence-electron chi connectivity index (χ2n) is 4.77. The predicted molar refractivity (Wildman–Crippen MR) is 90.9 cm³/mol. The van der Waals surface area contributed by atoms with E-state index in [9.17, 15) is 4.79 Å². The highest BCUT2D eigenvalue weighted by Gasteiger charge is 2.11. The maximum Gasteiger partial charge on any atom is 0.259 e. The number of anilines is 2. The molecule has 7 heteroatoms. The Morgan fingerprint density at radius 3 is 2.74 bits per heavy atom. The molecule has 0 atom stereocenters. The number of hydrogen-bond donors (Lipinski definition) is 2. The Morgan fingerprint density at radius 1 is 1.17 bits per heavy atom. The molecule has 0 aliphatic heterocycles. The van der Waals surface area contributed by atoms with Crippen molar-refractivity contribution in [2.75, 3.05) is 17.2 Å². The Labute approximate surface area is 137 Å². The maximum atomic E-state index is 12.2. The molecule has 116 valence electrons. The van der Waals surface area contributed by atoms with Gasteiger partial charge >= 0.3 is 0 Å². The molecule has 2 N–H and O–H groups in total. The lowest BCUT2D eigenvalue weighted by molar-refractivity contribution is 0.102. The van der Waals surface area contributed by atoms with E-state index in [-0.39, 0.29) is 11.9 Å². The Balaban J connectivity index is 1.93. The topological polar surface area (TPSA) is 79.8 Å². The van der Waals surface area contributed by atoms with Crippen molar-refractivity contribution in [2.45, 2.75) is 6.92 Å². The molecule has 0 unspecified atom stereocenters. The van der Waals surface area contributed by atoms with Crippen LogP contribution in [0, 0.1) is 0 Å². The number of carbonyl (C=O) groups excluding carboxylic acids is 1. The number of aromatic nitrogens is 3. The van der Waals surface area contributed by atoms with E-state index in [0.717, 1.165) is 17.4 Å². The Bertz CT molecular complexity index is 851. The second kappa shape index (κ2) is 6.58. The van der Waals surface area contributed by atoms with Crippen LogP contribution in [0.1, 0.15) is 17.3 Å². The van der Waals surface area contributed by atoms with Gasteiger partial charge in [-0.25, -0.2) is 9.97 Å². The third kappa shape index (κ3) is 3.37. The summed E-state index contributed by atoms with van der Waals surface area (Å²) in [6.07, 6.45) is 1.41. The first-order valence-electron chi connectivity index (χ1n) is 7.11. The molecule has 0 aliphatic carbocycles. The molecule has 3 rings (SSSR count). The second-order valence-corrected chi connectivity index (χ2v) is 5.15. The number of benzene rings is 1. The van der Waals surface area contributed by atoms with Gasteiger partial charge in [0, 0.05) is 18.1 Å². The van der Waals surface area contributed by atoms with Crippen LogP contribution >= 0.6 is 11.6 Å². The fraction of sp³-hybridized carbons (Fsp3) is 0.125. The van der Waals surface area contributed by atoms with E-state index in [4.69, 9.17) is 11.6 Å². The number of nitrogens with one attached hydrogen (secondary N) is 2. The Hall–Kier alpha value is -2.73. The van der Waals surface area contributed by atoms with Crippen LogP contribution in [-0.2, 0) is 0 Å². The van der Waals surface area contributed by atoms with E-state index in [2.05, 4.69) is 25.6 Å². The van der Waals surface area contributed by atoms with Gasteiger partial charge in [0.25, 0.3) is 5.91 Å². The number of pyridine rings is 1. The van der Waals surface area contributed by atoms with Crippen LogP contribution in [-0.4, -0.2) is 27.4 Å². The van der Waals surface area contributed by atoms with E-state index in [0.29, 0.717) is 16.5 Å². The molecule has 0 aliphatic rings. The van der Waals surface area contributed by atoms with Gasteiger partial charge in [-0.15, -0.1) is 0 Å². The molecule has 23 heavy (non-hydrogen) atoms. The van der Waals surface area contributed by atoms with E-state index in [1.165, 1.54) is 6.20 Å². The lowest BCUT2D eigenvalue weighted by atomic mass is 10.2. The molecule has 0 saturated carbocycles. The Morgan fingerprint density at radius 2 is 2.00 bits per heavy atom. The third-order valence-corrected chi connectivity index (χ3v) is 3.39. The first-order valence-corrected chi connectivity index (χ1v) is 7.48. The molecule has 2 heterocycles. The van der Waals surface area contributed by atoms with Crippen molar-refractivity contribution in [3.05, 3.63) is 53.3 Å². The number of rotatable bonds is 4. The first-order chi connectivity index (χ1) is 11.2. The van der Waals surface area contributed by atoms with Crippen molar-refractivity contribution in [3.63, 3.8) is 0 Å². The van der Waals surface area contributed by atoms with Crippen molar-refractivity contribution < 1.29 is 4.79 Å². The van der Waals surface area contributed by atoms with Crippen molar-refractivity contribution in [1.29, 1.82) is 0 Å². The summed E-state index contributed by atoms with van der Waals surface area (Å²) >= 11 is 5.72. The van der Waals surface area contributed by atoms with Crippen LogP contribution in [0.15, 0.2) is 42.6 Å². The average molecular weight is 328 g/mol. The highest BCUT2D eigenvalue weighted by Crippen LogP contribution is 2.21. The molecule has 2 aromatic heterocycles. The van der Waals surface area contributed by atoms with Crippen LogP contribution in [0.4, 0.5) is 11.8 Å². The van der Waals surface area contributed by atoms with Gasteiger partial charge in [0.2, 0.25) is 5.95 Å². The number of hydrogen-bond acceptors (Lipinski definition) is 5. The van der Waals surface area contributed by atoms with E-state index >= 15 is 0 Å². The third-order valence-electron chi connectivity index (χ3n) is 3.16. The summed E-state index contributed by atoms with van der Waals surface area (Å²) < 4.78 is 0. The van der Waals surface area contributed by atoms with E-state index in [1.54, 1.807) is 12.1 Å². The van der Waals surface area contributed by atoms with E-state index in [1.807, 2.05) is 31.2 Å². The molecule has 0 radical (unpaired) electrons. The van der Waals surface area contributed by atoms with Crippen LogP contribution in [0.5, 0.6) is 0 Å². The quantitative estimate of drug-likeness (QED) is 0.718. The summed E-state index contributed by atoms with van der Waals surface area (Å²) in [5.41, 5.74) is 1.14. The van der Waals surface area contributed by atoms with Gasteiger partial charge in [-0.05, 0) is 31.2 Å². The van der Waals surface area contributed by atoms with Crippen molar-refractivity contribution in [1.82, 2.24) is 15.0 Å². The number of fused-ring (bicyclic) bond motifs is 1. The zero-order valence-corrected chi connectivity index (χ0v) is 13.1. The smallest absolute Gasteiger partial charge is 0.259 e. The summed E-state index contributed by atoms with van der Waals surface area (Å²) in [7, 11) is 0. The lowest BCUT2D eigenvalue weighted by Gasteiger charge is -2.10. The van der Waals surface area contributed by atoms with Gasteiger partial charge in [0.05, 0.1) is 11.1 Å². The SMILES string of the molecule is CCNc1nc(NC(=O)c2ccc(Cl)nc2)nc2ccccc12. The minimum absolute atomic E-state index is 0.236. The highest BCUT2D eigenvalue weighted by molar-refractivity contribution is 6.29. The minimum Gasteiger partial charge on any atom is -0.370 e. The van der Waals surface area contributed by atoms with Crippen molar-refractivity contribution in [2.24, 2.45) is 0 Å². The van der Waals surface area contributed by atoms with Gasteiger partial charge in [0.1, 0.15) is 11.0 Å². The highest BCUT2D eigenvalue weighted by atomic mass is 35.5. The lowest BCUT2D eigenvalue weighted by Crippen LogP contribution is -2.15. The Kier molecular flexibility index (Phi) is 4.34. The first kappa shape index (κ1) is 15.2. The van der Waals surface area contributed by atoms with Gasteiger partial charge in [-0.1, -0.05) is 23.7 Å². The summed E-state index contributed by atoms with van der Waals surface area (Å²) in [4.78, 5) is 24.9. The zero-order valence-electron chi connectivity index (χ0n) is 12.4. The number of para-hydroxylation sites is 1. The summed E-state index contributed by atoms with van der Waals surface area (Å²) in [6, 6.07) is 10.8. The fourth-order valence-electron chi connectivity index (χ4n) is 2.12. The molecule has 0 bridgehead atoms. The monoisotopic (exact) mass is 327 g/mol. The average Bonchev–Trinajstić information content (AvgIpc) is 2.55. The molecule has 0 saturated heterocycles. The summed E-state index contributed by atoms with van der Waals surface area (Å²) in [6.45, 7) is 2.70. The number of halogens is 1. The molecule has 0 fully saturated rings. The number of nitrogens with zero attached hydrogens (tertiary/aromatic N) is 3. The molecule has 0 spiro atoms. The minimum atomic E-state index is -0.341. The van der Waals surface area contributed by atoms with Gasteiger partial charge in [-0.2, -0.15) is 4.98 Å². The largest absolute Gasteiger partial charge is 0.370 e. The van der Waals surface area contributed by atoms with Crippen molar-refractivity contribution >= 4 is 40.2 Å². The van der Waals surface area contributed by atoms with Gasteiger partial charge < -0.3 is 5.32 Å². The van der Waals surface area contributed by atoms with Crippen LogP contribution in [0.2, 0.25) is 5.15 Å². The summed E-state index contributed by atoms with van der Waals surface area (Å²) in [5, 5.41) is 7.10. The number of carbonyl (C=O) groups is 1.